The summed E-state index contributed by atoms with van der Waals surface area (Å²) in [4.78, 5) is 26.1. The van der Waals surface area contributed by atoms with Crippen LogP contribution < -0.4 is 0 Å². The number of carbonyl (C=O) groups is 2. The second-order valence-electron chi connectivity index (χ2n) is 10.1. The fourth-order valence-electron chi connectivity index (χ4n) is 4.98. The van der Waals surface area contributed by atoms with Crippen LogP contribution in [-0.4, -0.2) is 17.9 Å². The smallest absolute Gasteiger partial charge is 0.319 e. The molecule has 1 aliphatic rings. The van der Waals surface area contributed by atoms with Gasteiger partial charge >= 0.3 is 5.97 Å². The number of ether oxygens (including phenoxy) is 1. The lowest BCUT2D eigenvalue weighted by atomic mass is 9.64. The third-order valence-electron chi connectivity index (χ3n) is 7.39. The summed E-state index contributed by atoms with van der Waals surface area (Å²) in [6.45, 7) is 9.95. The van der Waals surface area contributed by atoms with Crippen molar-refractivity contribution in [2.75, 3.05) is 0 Å². The van der Waals surface area contributed by atoms with E-state index in [9.17, 15) is 9.59 Å². The lowest BCUT2D eigenvalue weighted by Gasteiger charge is -2.44. The monoisotopic (exact) mass is 420 g/mol. The third kappa shape index (κ3) is 5.08. The average Bonchev–Trinajstić information content (AvgIpc) is 2.74. The zero-order chi connectivity index (χ0) is 22.6. The molecule has 0 saturated heterocycles. The van der Waals surface area contributed by atoms with Crippen LogP contribution in [0.5, 0.6) is 0 Å². The first kappa shape index (κ1) is 23.2. The van der Waals surface area contributed by atoms with Gasteiger partial charge in [-0.2, -0.15) is 0 Å². The normalized spacial score (nSPS) is 23.6. The molecule has 3 heteroatoms. The van der Waals surface area contributed by atoms with Crippen LogP contribution in [0.3, 0.4) is 0 Å². The van der Waals surface area contributed by atoms with E-state index in [1.807, 2.05) is 36.4 Å². The van der Waals surface area contributed by atoms with E-state index in [1.165, 1.54) is 12.5 Å². The highest BCUT2D eigenvalue weighted by Gasteiger charge is 2.46. The fraction of sp³-hybridized carbons (Fsp3) is 0.500. The molecule has 1 saturated carbocycles. The van der Waals surface area contributed by atoms with E-state index >= 15 is 0 Å². The van der Waals surface area contributed by atoms with Crippen LogP contribution in [0.4, 0.5) is 0 Å². The van der Waals surface area contributed by atoms with Crippen LogP contribution in [0.15, 0.2) is 60.7 Å². The maximum Gasteiger partial charge on any atom is 0.319 e. The molecule has 31 heavy (non-hydrogen) atoms. The van der Waals surface area contributed by atoms with E-state index < -0.39 is 11.4 Å². The van der Waals surface area contributed by atoms with Crippen LogP contribution in [0, 0.1) is 17.3 Å². The molecule has 3 rings (SSSR count). The lowest BCUT2D eigenvalue weighted by molar-refractivity contribution is -0.170. The molecule has 1 fully saturated rings. The van der Waals surface area contributed by atoms with Crippen molar-refractivity contribution >= 4 is 11.8 Å². The maximum absolute atomic E-state index is 13.5. The predicted molar refractivity (Wildman–Crippen MR) is 125 cm³/mol. The average molecular weight is 421 g/mol. The molecule has 0 amide bonds. The summed E-state index contributed by atoms with van der Waals surface area (Å²) in [5, 5.41) is 0. The molecule has 166 valence electrons. The molecule has 4 atom stereocenters. The highest BCUT2D eigenvalue weighted by Crippen LogP contribution is 2.44. The van der Waals surface area contributed by atoms with Crippen LogP contribution in [0.2, 0.25) is 0 Å². The highest BCUT2D eigenvalue weighted by molar-refractivity contribution is 6.02. The van der Waals surface area contributed by atoms with Crippen LogP contribution in [0.25, 0.3) is 0 Å². The Morgan fingerprint density at radius 2 is 1.52 bits per heavy atom. The molecule has 0 aliphatic heterocycles. The van der Waals surface area contributed by atoms with Gasteiger partial charge < -0.3 is 4.74 Å². The number of benzene rings is 2. The molecule has 3 nitrogen and oxygen atoms in total. The van der Waals surface area contributed by atoms with Crippen molar-refractivity contribution in [2.24, 2.45) is 17.3 Å². The van der Waals surface area contributed by atoms with E-state index in [1.54, 1.807) is 6.92 Å². The maximum atomic E-state index is 13.5. The second-order valence-corrected chi connectivity index (χ2v) is 10.1. The number of ketones is 1. The minimum Gasteiger partial charge on any atom is -0.461 e. The van der Waals surface area contributed by atoms with Gasteiger partial charge in [-0.05, 0) is 55.6 Å². The van der Waals surface area contributed by atoms with Gasteiger partial charge in [0, 0.05) is 5.92 Å². The summed E-state index contributed by atoms with van der Waals surface area (Å²) in [6.07, 6.45) is 3.14. The van der Waals surface area contributed by atoms with E-state index in [4.69, 9.17) is 4.74 Å². The second kappa shape index (κ2) is 9.38. The van der Waals surface area contributed by atoms with Crippen molar-refractivity contribution in [3.8, 4) is 0 Å². The quantitative estimate of drug-likeness (QED) is 0.398. The largest absolute Gasteiger partial charge is 0.461 e. The molecule has 0 heterocycles. The van der Waals surface area contributed by atoms with Crippen LogP contribution in [-0.2, 0) is 26.2 Å². The zero-order valence-electron chi connectivity index (χ0n) is 19.6. The molecule has 0 aromatic heterocycles. The van der Waals surface area contributed by atoms with Gasteiger partial charge in [-0.1, -0.05) is 87.9 Å². The first-order valence-electron chi connectivity index (χ1n) is 11.5. The molecule has 0 N–H and O–H groups in total. The first-order valence-corrected chi connectivity index (χ1v) is 11.5. The van der Waals surface area contributed by atoms with Crippen molar-refractivity contribution in [1.29, 1.82) is 0 Å². The number of Topliss-reactive ketones (excluding diaryl/α,β-unsaturated/α-hetero) is 1. The molecule has 1 aliphatic carbocycles. The zero-order valence-corrected chi connectivity index (χ0v) is 19.6. The Bertz CT molecular complexity index is 887. The van der Waals surface area contributed by atoms with E-state index in [0.717, 1.165) is 24.8 Å². The van der Waals surface area contributed by atoms with Crippen molar-refractivity contribution in [1.82, 2.24) is 0 Å². The van der Waals surface area contributed by atoms with Crippen molar-refractivity contribution < 1.29 is 14.3 Å². The van der Waals surface area contributed by atoms with Gasteiger partial charge in [-0.15, -0.1) is 0 Å². The Labute approximate surface area is 187 Å². The summed E-state index contributed by atoms with van der Waals surface area (Å²) >= 11 is 0. The minimum atomic E-state index is -1.18. The number of hydrogen-bond acceptors (Lipinski definition) is 3. The molecule has 0 radical (unpaired) electrons. The highest BCUT2D eigenvalue weighted by atomic mass is 16.5. The Kier molecular flexibility index (Phi) is 7.03. The topological polar surface area (TPSA) is 43.4 Å². The molecular weight excluding hydrogens is 384 g/mol. The van der Waals surface area contributed by atoms with Crippen molar-refractivity contribution in [2.45, 2.75) is 71.8 Å². The summed E-state index contributed by atoms with van der Waals surface area (Å²) < 4.78 is 6.22. The summed E-state index contributed by atoms with van der Waals surface area (Å²) in [5.74, 6) is 0.169. The van der Waals surface area contributed by atoms with E-state index in [0.29, 0.717) is 12.3 Å². The summed E-state index contributed by atoms with van der Waals surface area (Å²) in [7, 11) is 0. The van der Waals surface area contributed by atoms with Gasteiger partial charge in [-0.3, -0.25) is 9.59 Å². The fourth-order valence-corrected chi connectivity index (χ4v) is 4.98. The summed E-state index contributed by atoms with van der Waals surface area (Å²) in [6, 6.07) is 20.2. The van der Waals surface area contributed by atoms with Gasteiger partial charge in [0.15, 0.2) is 0 Å². The molecule has 0 bridgehead atoms. The van der Waals surface area contributed by atoms with Crippen LogP contribution in [0.1, 0.15) is 65.0 Å². The van der Waals surface area contributed by atoms with Gasteiger partial charge in [0.2, 0.25) is 0 Å². The number of hydrogen-bond donors (Lipinski definition) is 0. The lowest BCUT2D eigenvalue weighted by Crippen LogP contribution is -2.47. The minimum absolute atomic E-state index is 0.127. The Morgan fingerprint density at radius 3 is 2.10 bits per heavy atom. The first-order chi connectivity index (χ1) is 14.6. The van der Waals surface area contributed by atoms with Gasteiger partial charge in [0.1, 0.15) is 17.3 Å². The molecule has 2 aromatic carbocycles. The van der Waals surface area contributed by atoms with Crippen LogP contribution >= 0.6 is 0 Å². The van der Waals surface area contributed by atoms with Crippen molar-refractivity contribution in [3.63, 3.8) is 0 Å². The third-order valence-corrected chi connectivity index (χ3v) is 7.39. The van der Waals surface area contributed by atoms with Crippen molar-refractivity contribution in [3.05, 3.63) is 71.8 Å². The predicted octanol–water partition coefficient (Wildman–Crippen LogP) is 6.15. The summed E-state index contributed by atoms with van der Waals surface area (Å²) in [5.41, 5.74) is 0.923. The van der Waals surface area contributed by atoms with E-state index in [-0.39, 0.29) is 23.2 Å². The SMILES string of the molecule is CC(=O)[C@@](C)(Cc1ccccc1)C(=O)O[C@@H]1C[C@H](C)CC[C@H]1C(C)(C)c1ccccc1. The van der Waals surface area contributed by atoms with E-state index in [2.05, 4.69) is 45.0 Å². The van der Waals surface area contributed by atoms with Gasteiger partial charge in [0.25, 0.3) is 0 Å². The standard InChI is InChI=1S/C28H36O3/c1-20-16-17-24(27(3,4)23-14-10-7-11-15-23)25(18-20)31-26(30)28(5,21(2)29)19-22-12-8-6-9-13-22/h6-15,20,24-25H,16-19H2,1-5H3/t20-,24-,25-,28-/m1/s1. The number of rotatable bonds is 7. The molecule has 0 unspecified atom stereocenters. The number of carbonyl (C=O) groups excluding carboxylic acids is 2. The molecule has 0 spiro atoms. The molecular formula is C28H36O3. The van der Waals surface area contributed by atoms with Gasteiger partial charge in [0.05, 0.1) is 0 Å². The Hall–Kier alpha value is -2.42. The Balaban J connectivity index is 1.85. The van der Waals surface area contributed by atoms with Gasteiger partial charge in [-0.25, -0.2) is 0 Å². The Morgan fingerprint density at radius 1 is 0.935 bits per heavy atom. The molecule has 2 aromatic rings. The number of esters is 1.